The first-order valence-corrected chi connectivity index (χ1v) is 4.92. The lowest BCUT2D eigenvalue weighted by atomic mass is 10.2. The van der Waals surface area contributed by atoms with Crippen LogP contribution in [0, 0.1) is 0 Å². The van der Waals surface area contributed by atoms with E-state index in [9.17, 15) is 0 Å². The Bertz CT molecular complexity index is 582. The van der Waals surface area contributed by atoms with Crippen LogP contribution in [0.2, 0.25) is 0 Å². The molecule has 15 heavy (non-hydrogen) atoms. The van der Waals surface area contributed by atoms with E-state index >= 15 is 0 Å². The van der Waals surface area contributed by atoms with Crippen molar-refractivity contribution in [3.63, 3.8) is 0 Å². The number of fused-ring (bicyclic) bond motifs is 1. The molecule has 2 nitrogen and oxygen atoms in total. The zero-order chi connectivity index (χ0) is 10.1. The molecule has 1 aromatic carbocycles. The highest BCUT2D eigenvalue weighted by Gasteiger charge is 2.00. The minimum absolute atomic E-state index is 1.10. The van der Waals surface area contributed by atoms with Crippen molar-refractivity contribution >= 4 is 10.9 Å². The molecule has 0 bridgehead atoms. The average molecular weight is 194 g/mol. The van der Waals surface area contributed by atoms with Gasteiger partial charge in [-0.2, -0.15) is 0 Å². The second-order valence-electron chi connectivity index (χ2n) is 3.46. The zero-order valence-electron chi connectivity index (χ0n) is 8.17. The number of rotatable bonds is 1. The number of pyridine rings is 1. The highest BCUT2D eigenvalue weighted by Crippen LogP contribution is 2.18. The smallest absolute Gasteiger partial charge is 0.0639 e. The molecule has 3 rings (SSSR count). The molecule has 0 atom stereocenters. The summed E-state index contributed by atoms with van der Waals surface area (Å²) >= 11 is 0. The Hall–Kier alpha value is -2.09. The lowest BCUT2D eigenvalue weighted by Gasteiger charge is -2.03. The molecule has 0 fully saturated rings. The summed E-state index contributed by atoms with van der Waals surface area (Å²) in [5, 5.41) is 1.25. The van der Waals surface area contributed by atoms with E-state index in [-0.39, 0.29) is 0 Å². The van der Waals surface area contributed by atoms with Gasteiger partial charge in [-0.25, -0.2) is 0 Å². The van der Waals surface area contributed by atoms with Gasteiger partial charge in [-0.15, -0.1) is 0 Å². The zero-order valence-corrected chi connectivity index (χ0v) is 8.17. The molecule has 0 saturated heterocycles. The third-order valence-corrected chi connectivity index (χ3v) is 2.52. The Morgan fingerprint density at radius 1 is 0.933 bits per heavy atom. The molecule has 2 heteroatoms. The summed E-state index contributed by atoms with van der Waals surface area (Å²) < 4.78 is 2.14. The van der Waals surface area contributed by atoms with Gasteiger partial charge in [0.2, 0.25) is 0 Å². The molecule has 2 heterocycles. The second kappa shape index (κ2) is 3.24. The first-order valence-electron chi connectivity index (χ1n) is 4.92. The molecule has 0 spiro atoms. The number of aromatic nitrogens is 2. The number of nitrogens with zero attached hydrogens (tertiary/aromatic N) is 2. The summed E-state index contributed by atoms with van der Waals surface area (Å²) in [4.78, 5) is 4.13. The monoisotopic (exact) mass is 194 g/mol. The molecule has 0 aliphatic heterocycles. The Morgan fingerprint density at radius 3 is 2.73 bits per heavy atom. The minimum Gasteiger partial charge on any atom is -0.315 e. The number of benzene rings is 1. The molecule has 0 aliphatic carbocycles. The average Bonchev–Trinajstić information content (AvgIpc) is 2.74. The lowest BCUT2D eigenvalue weighted by molar-refractivity contribution is 1.10. The van der Waals surface area contributed by atoms with Crippen LogP contribution in [0.3, 0.4) is 0 Å². The van der Waals surface area contributed by atoms with E-state index in [1.165, 1.54) is 10.9 Å². The third-order valence-electron chi connectivity index (χ3n) is 2.52. The van der Waals surface area contributed by atoms with Gasteiger partial charge in [0.1, 0.15) is 0 Å². The van der Waals surface area contributed by atoms with Gasteiger partial charge in [0.05, 0.1) is 17.4 Å². The van der Waals surface area contributed by atoms with Crippen molar-refractivity contribution in [3.05, 3.63) is 61.1 Å². The van der Waals surface area contributed by atoms with E-state index in [1.54, 1.807) is 6.20 Å². The van der Waals surface area contributed by atoms with Crippen molar-refractivity contribution in [1.82, 2.24) is 9.55 Å². The van der Waals surface area contributed by atoms with Crippen LogP contribution in [0.5, 0.6) is 0 Å². The molecule has 0 aliphatic rings. The molecular formula is C13H10N2. The SMILES string of the molecule is c1cncc(-n2ccc3ccccc32)c1. The Balaban J connectivity index is 2.28. The molecule has 0 radical (unpaired) electrons. The van der Waals surface area contributed by atoms with E-state index in [2.05, 4.69) is 52.1 Å². The second-order valence-corrected chi connectivity index (χ2v) is 3.46. The topological polar surface area (TPSA) is 17.8 Å². The third kappa shape index (κ3) is 1.31. The van der Waals surface area contributed by atoms with Crippen LogP contribution in [0.1, 0.15) is 0 Å². The van der Waals surface area contributed by atoms with Crippen LogP contribution in [0.25, 0.3) is 16.6 Å². The van der Waals surface area contributed by atoms with Gasteiger partial charge in [0.15, 0.2) is 0 Å². The maximum absolute atomic E-state index is 4.13. The first kappa shape index (κ1) is 8.24. The molecule has 0 unspecified atom stereocenters. The molecule has 3 aromatic rings. The summed E-state index contributed by atoms with van der Waals surface area (Å²) in [6, 6.07) is 14.4. The molecule has 0 saturated carbocycles. The molecule has 0 N–H and O–H groups in total. The molecule has 72 valence electrons. The van der Waals surface area contributed by atoms with E-state index in [0.29, 0.717) is 0 Å². The van der Waals surface area contributed by atoms with Crippen LogP contribution in [0.4, 0.5) is 0 Å². The van der Waals surface area contributed by atoms with Crippen LogP contribution in [-0.4, -0.2) is 9.55 Å². The van der Waals surface area contributed by atoms with E-state index in [4.69, 9.17) is 0 Å². The largest absolute Gasteiger partial charge is 0.315 e. The Labute approximate surface area is 87.8 Å². The standard InChI is InChI=1S/C13H10N2/c1-2-6-13-11(4-1)7-9-15(13)12-5-3-8-14-10-12/h1-10H. The van der Waals surface area contributed by atoms with E-state index in [1.807, 2.05) is 12.3 Å². The number of para-hydroxylation sites is 1. The summed E-state index contributed by atoms with van der Waals surface area (Å²) in [6.45, 7) is 0. The maximum Gasteiger partial charge on any atom is 0.0639 e. The first-order chi connectivity index (χ1) is 7.45. The van der Waals surface area contributed by atoms with Crippen molar-refractivity contribution < 1.29 is 0 Å². The van der Waals surface area contributed by atoms with Gasteiger partial charge < -0.3 is 4.57 Å². The highest BCUT2D eigenvalue weighted by atomic mass is 15.0. The fourth-order valence-electron chi connectivity index (χ4n) is 1.80. The van der Waals surface area contributed by atoms with E-state index in [0.717, 1.165) is 5.69 Å². The summed E-state index contributed by atoms with van der Waals surface area (Å²) in [6.07, 6.45) is 5.73. The van der Waals surface area contributed by atoms with E-state index < -0.39 is 0 Å². The fraction of sp³-hybridized carbons (Fsp3) is 0. The van der Waals surface area contributed by atoms with Crippen LogP contribution in [0.15, 0.2) is 61.1 Å². The fourth-order valence-corrected chi connectivity index (χ4v) is 1.80. The van der Waals surface area contributed by atoms with Gasteiger partial charge in [-0.1, -0.05) is 18.2 Å². The number of hydrogen-bond acceptors (Lipinski definition) is 1. The predicted molar refractivity (Wildman–Crippen MR) is 61.1 cm³/mol. The van der Waals surface area contributed by atoms with Crippen molar-refractivity contribution in [1.29, 1.82) is 0 Å². The van der Waals surface area contributed by atoms with Crippen LogP contribution < -0.4 is 0 Å². The Morgan fingerprint density at radius 2 is 1.87 bits per heavy atom. The summed E-state index contributed by atoms with van der Waals surface area (Å²) in [5.74, 6) is 0. The van der Waals surface area contributed by atoms with Crippen LogP contribution in [-0.2, 0) is 0 Å². The van der Waals surface area contributed by atoms with Gasteiger partial charge >= 0.3 is 0 Å². The predicted octanol–water partition coefficient (Wildman–Crippen LogP) is 3.03. The molecule has 0 amide bonds. The van der Waals surface area contributed by atoms with Crippen molar-refractivity contribution in [2.24, 2.45) is 0 Å². The van der Waals surface area contributed by atoms with Gasteiger partial charge in [0.25, 0.3) is 0 Å². The number of hydrogen-bond donors (Lipinski definition) is 0. The van der Waals surface area contributed by atoms with Gasteiger partial charge in [-0.05, 0) is 29.7 Å². The van der Waals surface area contributed by atoms with Gasteiger partial charge in [-0.3, -0.25) is 4.98 Å². The van der Waals surface area contributed by atoms with Crippen molar-refractivity contribution in [3.8, 4) is 5.69 Å². The minimum atomic E-state index is 1.10. The summed E-state index contributed by atoms with van der Waals surface area (Å²) in [7, 11) is 0. The normalized spacial score (nSPS) is 10.7. The van der Waals surface area contributed by atoms with Crippen LogP contribution >= 0.6 is 0 Å². The summed E-state index contributed by atoms with van der Waals surface area (Å²) in [5.41, 5.74) is 2.31. The maximum atomic E-state index is 4.13. The molecular weight excluding hydrogens is 184 g/mol. The van der Waals surface area contributed by atoms with Crippen molar-refractivity contribution in [2.45, 2.75) is 0 Å². The van der Waals surface area contributed by atoms with Gasteiger partial charge in [0, 0.05) is 12.4 Å². The highest BCUT2D eigenvalue weighted by molar-refractivity contribution is 5.81. The van der Waals surface area contributed by atoms with Crippen molar-refractivity contribution in [2.75, 3.05) is 0 Å². The lowest BCUT2D eigenvalue weighted by Crippen LogP contribution is -1.91. The quantitative estimate of drug-likeness (QED) is 0.582. The Kier molecular flexibility index (Phi) is 1.78. The molecule has 2 aromatic heterocycles.